The number of rotatable bonds is 6. The van der Waals surface area contributed by atoms with Gasteiger partial charge in [-0.05, 0) is 37.3 Å². The Hall–Kier alpha value is -1.73. The van der Waals surface area contributed by atoms with Gasteiger partial charge in [-0.3, -0.25) is 0 Å². The number of benzene rings is 1. The largest absolute Gasteiger partial charge is 1.00 e. The van der Waals surface area contributed by atoms with E-state index in [-0.39, 0.29) is 41.9 Å². The molecule has 0 spiro atoms. The minimum absolute atomic E-state index is 0. The summed E-state index contributed by atoms with van der Waals surface area (Å²) in [5.41, 5.74) is 1.54. The maximum Gasteiger partial charge on any atom is 1.00 e. The number of aromatic nitrogens is 1. The minimum atomic E-state index is -1.36. The molecule has 0 saturated carbocycles. The minimum Gasteiger partial charge on any atom is -0.542 e. The summed E-state index contributed by atoms with van der Waals surface area (Å²) in [6.07, 6.45) is 0.332. The number of halogens is 1. The van der Waals surface area contributed by atoms with Crippen molar-refractivity contribution in [2.75, 3.05) is 0 Å². The van der Waals surface area contributed by atoms with Gasteiger partial charge in [0, 0.05) is 23.1 Å². The summed E-state index contributed by atoms with van der Waals surface area (Å²) >= 11 is 6.04. The smallest absolute Gasteiger partial charge is 0.542 e. The van der Waals surface area contributed by atoms with Crippen LogP contribution in [0.1, 0.15) is 33.3 Å². The first-order valence-corrected chi connectivity index (χ1v) is 7.52. The zero-order valence-corrected chi connectivity index (χ0v) is 16.5. The second-order valence-electron chi connectivity index (χ2n) is 5.21. The third kappa shape index (κ3) is 5.12. The average Bonchev–Trinajstić information content (AvgIpc) is 3.16. The van der Waals surface area contributed by atoms with Crippen molar-refractivity contribution in [3.05, 3.63) is 70.0 Å². The van der Waals surface area contributed by atoms with Gasteiger partial charge < -0.3 is 23.6 Å². The molecule has 25 heavy (non-hydrogen) atoms. The number of nitrogens with zero attached hydrogens (tertiary/aromatic N) is 1. The van der Waals surface area contributed by atoms with Crippen LogP contribution in [0, 0.1) is 6.92 Å². The molecule has 124 valence electrons. The van der Waals surface area contributed by atoms with E-state index in [0.717, 1.165) is 11.3 Å². The van der Waals surface area contributed by atoms with Crippen molar-refractivity contribution in [1.29, 1.82) is 0 Å². The molecule has 0 bridgehead atoms. The van der Waals surface area contributed by atoms with Crippen LogP contribution in [0.25, 0.3) is 0 Å². The standard InChI is InChI=1S/C17H14ClNO5.Na/c1-10-6-14(24-19-10)9-22-15-4-2-12(18)7-11(15)8-13-3-5-16(23-13)17(20)21;/h2-7H,8-9H2,1H3,(H,20,21);/q;+1/p-1. The molecule has 0 aliphatic carbocycles. The molecule has 2 aromatic heterocycles. The summed E-state index contributed by atoms with van der Waals surface area (Å²) in [4.78, 5) is 10.8. The van der Waals surface area contributed by atoms with Gasteiger partial charge in [0.05, 0.1) is 5.69 Å². The number of hydrogen-bond donors (Lipinski definition) is 0. The fourth-order valence-corrected chi connectivity index (χ4v) is 2.43. The number of aryl methyl sites for hydroxylation is 1. The van der Waals surface area contributed by atoms with E-state index >= 15 is 0 Å². The van der Waals surface area contributed by atoms with Gasteiger partial charge in [0.1, 0.15) is 29.8 Å². The molecule has 0 fully saturated rings. The maximum absolute atomic E-state index is 10.8. The van der Waals surface area contributed by atoms with Gasteiger partial charge in [-0.2, -0.15) is 0 Å². The zero-order chi connectivity index (χ0) is 17.1. The fourth-order valence-electron chi connectivity index (χ4n) is 2.23. The first-order valence-electron chi connectivity index (χ1n) is 7.15. The van der Waals surface area contributed by atoms with Crippen molar-refractivity contribution in [3.63, 3.8) is 0 Å². The van der Waals surface area contributed by atoms with Crippen molar-refractivity contribution >= 4 is 17.6 Å². The molecule has 0 saturated heterocycles. The Balaban J connectivity index is 0.00000225. The predicted molar refractivity (Wildman–Crippen MR) is 82.9 cm³/mol. The summed E-state index contributed by atoms with van der Waals surface area (Å²) in [6, 6.07) is 9.91. The number of carboxylic acid groups (broad SMARTS) is 1. The third-order valence-corrected chi connectivity index (χ3v) is 3.53. The van der Waals surface area contributed by atoms with Crippen LogP contribution in [0.4, 0.5) is 0 Å². The molecule has 2 heterocycles. The second-order valence-corrected chi connectivity index (χ2v) is 5.64. The predicted octanol–water partition coefficient (Wildman–Crippen LogP) is -0.233. The van der Waals surface area contributed by atoms with Crippen LogP contribution in [0.5, 0.6) is 5.75 Å². The van der Waals surface area contributed by atoms with E-state index in [2.05, 4.69) is 5.16 Å². The monoisotopic (exact) mass is 369 g/mol. The van der Waals surface area contributed by atoms with E-state index in [9.17, 15) is 9.90 Å². The number of carbonyl (C=O) groups is 1. The number of carboxylic acids is 1. The van der Waals surface area contributed by atoms with Gasteiger partial charge in [0.2, 0.25) is 0 Å². The molecule has 0 radical (unpaired) electrons. The number of hydrogen-bond acceptors (Lipinski definition) is 6. The van der Waals surface area contributed by atoms with Gasteiger partial charge in [-0.25, -0.2) is 0 Å². The van der Waals surface area contributed by atoms with Gasteiger partial charge in [-0.1, -0.05) is 16.8 Å². The Kier molecular flexibility index (Phi) is 6.72. The van der Waals surface area contributed by atoms with E-state index in [1.165, 1.54) is 6.07 Å². The zero-order valence-electron chi connectivity index (χ0n) is 13.7. The molecule has 0 N–H and O–H groups in total. The van der Waals surface area contributed by atoms with Crippen molar-refractivity contribution in [1.82, 2.24) is 5.16 Å². The molecule has 0 unspecified atom stereocenters. The van der Waals surface area contributed by atoms with Crippen molar-refractivity contribution in [3.8, 4) is 5.75 Å². The maximum atomic E-state index is 10.8. The van der Waals surface area contributed by atoms with Crippen molar-refractivity contribution in [2.45, 2.75) is 20.0 Å². The molecule has 1 aromatic carbocycles. The molecule has 8 heteroatoms. The Morgan fingerprint density at radius 1 is 1.24 bits per heavy atom. The Bertz CT molecular complexity index is 874. The van der Waals surface area contributed by atoms with Crippen LogP contribution in [-0.4, -0.2) is 11.1 Å². The summed E-state index contributed by atoms with van der Waals surface area (Å²) in [5, 5.41) is 15.1. The van der Waals surface area contributed by atoms with Crippen LogP contribution in [0.3, 0.4) is 0 Å². The molecule has 0 aliphatic heterocycles. The van der Waals surface area contributed by atoms with Crippen LogP contribution in [-0.2, 0) is 13.0 Å². The van der Waals surface area contributed by atoms with Gasteiger partial charge in [0.15, 0.2) is 5.76 Å². The number of carbonyl (C=O) groups excluding carboxylic acids is 1. The van der Waals surface area contributed by atoms with Gasteiger partial charge >= 0.3 is 29.6 Å². The van der Waals surface area contributed by atoms with Gasteiger partial charge in [-0.15, -0.1) is 0 Å². The quantitative estimate of drug-likeness (QED) is 0.558. The van der Waals surface area contributed by atoms with Crippen molar-refractivity contribution in [2.24, 2.45) is 0 Å². The first kappa shape index (κ1) is 19.6. The third-order valence-electron chi connectivity index (χ3n) is 3.30. The first-order chi connectivity index (χ1) is 11.5. The van der Waals surface area contributed by atoms with Crippen LogP contribution >= 0.6 is 11.6 Å². The fraction of sp³-hybridized carbons (Fsp3) is 0.176. The summed E-state index contributed by atoms with van der Waals surface area (Å²) in [6.45, 7) is 2.05. The number of ether oxygens (including phenoxy) is 1. The van der Waals surface area contributed by atoms with Crippen LogP contribution < -0.4 is 39.4 Å². The topological polar surface area (TPSA) is 88.5 Å². The summed E-state index contributed by atoms with van der Waals surface area (Å²) in [5.74, 6) is 0.0958. The summed E-state index contributed by atoms with van der Waals surface area (Å²) < 4.78 is 16.1. The van der Waals surface area contributed by atoms with E-state index in [1.807, 2.05) is 6.92 Å². The molecule has 6 nitrogen and oxygen atoms in total. The molecule has 0 aliphatic rings. The SMILES string of the molecule is Cc1cc(COc2ccc(Cl)cc2Cc2ccc(C(=O)[O-])o2)on1.[Na+]. The average molecular weight is 370 g/mol. The van der Waals surface area contributed by atoms with E-state index in [0.29, 0.717) is 28.7 Å². The normalized spacial score (nSPS) is 10.3. The second kappa shape index (κ2) is 8.58. The Morgan fingerprint density at radius 3 is 2.68 bits per heavy atom. The number of furan rings is 1. The molecule has 0 amide bonds. The number of aromatic carboxylic acids is 1. The molecule has 3 rings (SSSR count). The molecule has 0 atom stereocenters. The van der Waals surface area contributed by atoms with Crippen LogP contribution in [0.15, 0.2) is 45.3 Å². The van der Waals surface area contributed by atoms with E-state index in [4.69, 9.17) is 25.3 Å². The Morgan fingerprint density at radius 2 is 2.04 bits per heavy atom. The molecule has 3 aromatic rings. The van der Waals surface area contributed by atoms with Crippen molar-refractivity contribution < 1.29 is 53.1 Å². The van der Waals surface area contributed by atoms with E-state index in [1.54, 1.807) is 30.3 Å². The summed E-state index contributed by atoms with van der Waals surface area (Å²) in [7, 11) is 0. The molecular weight excluding hydrogens is 357 g/mol. The van der Waals surface area contributed by atoms with Crippen LogP contribution in [0.2, 0.25) is 5.02 Å². The van der Waals surface area contributed by atoms with Gasteiger partial charge in [0.25, 0.3) is 0 Å². The molecular formula is C17H13ClNNaO5. The Labute approximate surface area is 171 Å². The van der Waals surface area contributed by atoms with E-state index < -0.39 is 5.97 Å².